The number of unbranched alkanes of at least 4 members (excludes halogenated alkanes) is 1. The molecule has 6 heteroatoms. The highest BCUT2D eigenvalue weighted by Crippen LogP contribution is 2.21. The smallest absolute Gasteiger partial charge is 0.333 e. The summed E-state index contributed by atoms with van der Waals surface area (Å²) in [6.07, 6.45) is 10.5. The number of ether oxygens (including phenoxy) is 1. The van der Waals surface area contributed by atoms with Crippen LogP contribution in [0.5, 0.6) is 0 Å². The molecule has 2 aromatic rings. The topological polar surface area (TPSA) is 77.4 Å². The van der Waals surface area contributed by atoms with Crippen molar-refractivity contribution >= 4 is 11.9 Å². The van der Waals surface area contributed by atoms with Crippen LogP contribution in [0.2, 0.25) is 0 Å². The van der Waals surface area contributed by atoms with Crippen molar-refractivity contribution in [2.75, 3.05) is 7.11 Å². The Morgan fingerprint density at radius 1 is 1.03 bits per heavy atom. The van der Waals surface area contributed by atoms with E-state index in [0.29, 0.717) is 12.1 Å². The molecule has 0 aliphatic heterocycles. The Balaban J connectivity index is 2.00. The van der Waals surface area contributed by atoms with E-state index in [1.807, 2.05) is 10.6 Å². The standard InChI is InChI=1S/C27H36N2O4/c1-3-4-18-29-23-17-13-8-6-5-7-10-16-21(23)19-22(26(29)31)25(30)28-24(27(32)33-2)20-14-11-9-12-15-20/h9,11-12,14-15,19,24H,3-8,10,13,16-18H2,1-2H3,(H,28,30). The molecule has 1 aromatic carbocycles. The molecule has 0 bridgehead atoms. The van der Waals surface area contributed by atoms with Gasteiger partial charge in [0.05, 0.1) is 7.11 Å². The Morgan fingerprint density at radius 2 is 1.70 bits per heavy atom. The number of rotatable bonds is 7. The Kier molecular flexibility index (Phi) is 9.28. The van der Waals surface area contributed by atoms with Gasteiger partial charge in [-0.05, 0) is 49.3 Å². The van der Waals surface area contributed by atoms with Crippen molar-refractivity contribution in [1.29, 1.82) is 0 Å². The van der Waals surface area contributed by atoms with Crippen molar-refractivity contribution in [3.8, 4) is 0 Å². The average molecular weight is 453 g/mol. The number of aryl methyl sites for hydroxylation is 1. The molecule has 0 saturated carbocycles. The zero-order chi connectivity index (χ0) is 23.6. The quantitative estimate of drug-likeness (QED) is 0.616. The Labute approximate surface area is 196 Å². The number of nitrogens with zero attached hydrogens (tertiary/aromatic N) is 1. The molecule has 1 aliphatic carbocycles. The third-order valence-corrected chi connectivity index (χ3v) is 6.43. The van der Waals surface area contributed by atoms with Crippen molar-refractivity contribution in [2.45, 2.75) is 83.7 Å². The van der Waals surface area contributed by atoms with Gasteiger partial charge < -0.3 is 14.6 Å². The van der Waals surface area contributed by atoms with E-state index < -0.39 is 17.9 Å². The first-order chi connectivity index (χ1) is 16.1. The first-order valence-corrected chi connectivity index (χ1v) is 12.3. The largest absolute Gasteiger partial charge is 0.467 e. The van der Waals surface area contributed by atoms with Crippen molar-refractivity contribution in [2.24, 2.45) is 0 Å². The van der Waals surface area contributed by atoms with E-state index in [0.717, 1.165) is 56.2 Å². The van der Waals surface area contributed by atoms with Crippen LogP contribution < -0.4 is 10.9 Å². The van der Waals surface area contributed by atoms with Crippen molar-refractivity contribution in [3.05, 3.63) is 69.1 Å². The molecule has 33 heavy (non-hydrogen) atoms. The van der Waals surface area contributed by atoms with Crippen LogP contribution in [-0.2, 0) is 28.9 Å². The molecular weight excluding hydrogens is 416 g/mol. The van der Waals surface area contributed by atoms with Gasteiger partial charge in [-0.2, -0.15) is 0 Å². The minimum Gasteiger partial charge on any atom is -0.467 e. The second-order valence-electron chi connectivity index (χ2n) is 8.80. The van der Waals surface area contributed by atoms with Gasteiger partial charge in [-0.15, -0.1) is 0 Å². The third-order valence-electron chi connectivity index (χ3n) is 6.43. The zero-order valence-electron chi connectivity index (χ0n) is 19.9. The molecule has 0 fully saturated rings. The molecule has 6 nitrogen and oxygen atoms in total. The molecule has 1 N–H and O–H groups in total. The van der Waals surface area contributed by atoms with E-state index in [4.69, 9.17) is 4.74 Å². The summed E-state index contributed by atoms with van der Waals surface area (Å²) in [5.41, 5.74) is 2.62. The lowest BCUT2D eigenvalue weighted by atomic mass is 9.96. The molecule has 1 atom stereocenters. The SMILES string of the molecule is CCCCn1c2c(cc(C(=O)NC(C(=O)OC)c3ccccc3)c1=O)CCCCCCCC2. The number of benzene rings is 1. The van der Waals surface area contributed by atoms with Crippen LogP contribution in [0.3, 0.4) is 0 Å². The van der Waals surface area contributed by atoms with E-state index >= 15 is 0 Å². The lowest BCUT2D eigenvalue weighted by molar-refractivity contribution is -0.143. The Morgan fingerprint density at radius 3 is 2.36 bits per heavy atom. The number of methoxy groups -OCH3 is 1. The second-order valence-corrected chi connectivity index (χ2v) is 8.80. The minimum absolute atomic E-state index is 0.103. The summed E-state index contributed by atoms with van der Waals surface area (Å²) in [5.74, 6) is -1.11. The normalized spacial score (nSPS) is 15.2. The maximum Gasteiger partial charge on any atom is 0.333 e. The van der Waals surface area contributed by atoms with Gasteiger partial charge in [0.1, 0.15) is 5.56 Å². The van der Waals surface area contributed by atoms with Gasteiger partial charge in [0.15, 0.2) is 6.04 Å². The fourth-order valence-electron chi connectivity index (χ4n) is 4.55. The average Bonchev–Trinajstić information content (AvgIpc) is 2.84. The van der Waals surface area contributed by atoms with Crippen LogP contribution in [0.25, 0.3) is 0 Å². The maximum atomic E-state index is 13.5. The highest BCUT2D eigenvalue weighted by Gasteiger charge is 2.26. The predicted molar refractivity (Wildman–Crippen MR) is 129 cm³/mol. The molecule has 1 unspecified atom stereocenters. The lowest BCUT2D eigenvalue weighted by Gasteiger charge is -2.21. The first-order valence-electron chi connectivity index (χ1n) is 12.3. The van der Waals surface area contributed by atoms with E-state index in [1.54, 1.807) is 30.3 Å². The maximum absolute atomic E-state index is 13.5. The molecule has 1 aromatic heterocycles. The van der Waals surface area contributed by atoms with Gasteiger partial charge in [0, 0.05) is 12.2 Å². The van der Waals surface area contributed by atoms with Crippen LogP contribution in [0.4, 0.5) is 0 Å². The third kappa shape index (κ3) is 6.34. The number of amides is 1. The summed E-state index contributed by atoms with van der Waals surface area (Å²) < 4.78 is 6.74. The minimum atomic E-state index is -0.971. The van der Waals surface area contributed by atoms with Gasteiger partial charge >= 0.3 is 5.97 Å². The van der Waals surface area contributed by atoms with Crippen LogP contribution in [0.1, 0.15) is 91.5 Å². The van der Waals surface area contributed by atoms with Gasteiger partial charge in [0.2, 0.25) is 0 Å². The molecular formula is C27H36N2O4. The number of hydrogen-bond donors (Lipinski definition) is 1. The summed E-state index contributed by atoms with van der Waals surface area (Å²) >= 11 is 0. The van der Waals surface area contributed by atoms with E-state index in [1.165, 1.54) is 26.4 Å². The Hall–Kier alpha value is -2.89. The van der Waals surface area contributed by atoms with Crippen LogP contribution in [0.15, 0.2) is 41.2 Å². The summed E-state index contributed by atoms with van der Waals surface area (Å²) in [6.45, 7) is 2.71. The number of carbonyl (C=O) groups is 2. The number of hydrogen-bond acceptors (Lipinski definition) is 4. The highest BCUT2D eigenvalue weighted by atomic mass is 16.5. The zero-order valence-corrected chi connectivity index (χ0v) is 19.9. The molecule has 1 amide bonds. The van der Waals surface area contributed by atoms with Crippen molar-refractivity contribution in [3.63, 3.8) is 0 Å². The van der Waals surface area contributed by atoms with E-state index in [-0.39, 0.29) is 11.1 Å². The van der Waals surface area contributed by atoms with Gasteiger partial charge in [-0.1, -0.05) is 69.4 Å². The lowest BCUT2D eigenvalue weighted by Crippen LogP contribution is -2.39. The van der Waals surface area contributed by atoms with Gasteiger partial charge in [-0.3, -0.25) is 9.59 Å². The molecule has 1 heterocycles. The number of aromatic nitrogens is 1. The van der Waals surface area contributed by atoms with Crippen LogP contribution >= 0.6 is 0 Å². The fraction of sp³-hybridized carbons (Fsp3) is 0.519. The Bertz CT molecular complexity index is 997. The second kappa shape index (κ2) is 12.4. The molecule has 0 radical (unpaired) electrons. The predicted octanol–water partition coefficient (Wildman–Crippen LogP) is 4.73. The van der Waals surface area contributed by atoms with Gasteiger partial charge in [0.25, 0.3) is 11.5 Å². The number of fused-ring (bicyclic) bond motifs is 1. The first kappa shape index (κ1) is 24.7. The van der Waals surface area contributed by atoms with Crippen molar-refractivity contribution in [1.82, 2.24) is 9.88 Å². The summed E-state index contributed by atoms with van der Waals surface area (Å²) in [4.78, 5) is 39.2. The van der Waals surface area contributed by atoms with E-state index in [2.05, 4.69) is 12.2 Å². The summed E-state index contributed by atoms with van der Waals surface area (Å²) in [5, 5.41) is 2.75. The van der Waals surface area contributed by atoms with Crippen LogP contribution in [0, 0.1) is 0 Å². The van der Waals surface area contributed by atoms with Crippen molar-refractivity contribution < 1.29 is 14.3 Å². The number of pyridine rings is 1. The summed E-state index contributed by atoms with van der Waals surface area (Å²) in [7, 11) is 1.29. The molecule has 0 saturated heterocycles. The fourth-order valence-corrected chi connectivity index (χ4v) is 4.55. The number of carbonyl (C=O) groups excluding carboxylic acids is 2. The summed E-state index contributed by atoms with van der Waals surface area (Å²) in [6, 6.07) is 9.75. The van der Waals surface area contributed by atoms with Gasteiger partial charge in [-0.25, -0.2) is 4.79 Å². The number of esters is 1. The number of nitrogens with one attached hydrogen (secondary N) is 1. The molecule has 0 spiro atoms. The van der Waals surface area contributed by atoms with Crippen LogP contribution in [-0.4, -0.2) is 23.6 Å². The van der Waals surface area contributed by atoms with E-state index in [9.17, 15) is 14.4 Å². The molecule has 178 valence electrons. The monoisotopic (exact) mass is 452 g/mol. The molecule has 3 rings (SSSR count). The molecule has 1 aliphatic rings. The highest BCUT2D eigenvalue weighted by molar-refractivity contribution is 5.97.